The van der Waals surface area contributed by atoms with Crippen LogP contribution in [0.5, 0.6) is 5.75 Å². The largest absolute Gasteiger partial charge is 0.494 e. The third-order valence-corrected chi connectivity index (χ3v) is 6.79. The lowest BCUT2D eigenvalue weighted by molar-refractivity contribution is -0.134. The van der Waals surface area contributed by atoms with Crippen molar-refractivity contribution >= 4 is 55.2 Å². The fraction of sp³-hybridized carbons (Fsp3) is 0.409. The first-order valence-corrected chi connectivity index (χ1v) is 11.9. The van der Waals surface area contributed by atoms with Gasteiger partial charge in [0, 0.05) is 6.08 Å². The van der Waals surface area contributed by atoms with Crippen LogP contribution in [0, 0.1) is 0 Å². The van der Waals surface area contributed by atoms with E-state index in [0.717, 1.165) is 30.8 Å². The molecule has 1 heterocycles. The van der Waals surface area contributed by atoms with Gasteiger partial charge < -0.3 is 9.47 Å². The molecule has 0 saturated carbocycles. The number of unbranched alkanes of at least 4 members (excludes halogenated alkanes) is 5. The summed E-state index contributed by atoms with van der Waals surface area (Å²) in [6.45, 7) is 0.743. The van der Waals surface area contributed by atoms with Gasteiger partial charge in [0.1, 0.15) is 5.75 Å². The topological polar surface area (TPSA) is 35.5 Å². The van der Waals surface area contributed by atoms with Crippen molar-refractivity contribution in [3.05, 3.63) is 55.1 Å². The fourth-order valence-electron chi connectivity index (χ4n) is 2.77. The van der Waals surface area contributed by atoms with Crippen molar-refractivity contribution in [2.24, 2.45) is 0 Å². The number of carbonyl (C=O) groups excluding carboxylic acids is 1. The van der Waals surface area contributed by atoms with Crippen molar-refractivity contribution in [3.8, 4) is 5.75 Å². The van der Waals surface area contributed by atoms with Gasteiger partial charge >= 0.3 is 5.97 Å². The molecular formula is C22H26Br2O3S. The lowest BCUT2D eigenvalue weighted by Gasteiger charge is -2.06. The van der Waals surface area contributed by atoms with Crippen LogP contribution in [-0.4, -0.2) is 19.7 Å². The van der Waals surface area contributed by atoms with E-state index in [1.807, 2.05) is 24.3 Å². The third-order valence-electron chi connectivity index (χ3n) is 4.33. The Kier molecular flexibility index (Phi) is 10.9. The van der Waals surface area contributed by atoms with E-state index in [1.165, 1.54) is 58.4 Å². The number of hydrogen-bond acceptors (Lipinski definition) is 4. The summed E-state index contributed by atoms with van der Waals surface area (Å²) in [4.78, 5) is 11.1. The molecule has 2 aromatic rings. The number of benzene rings is 1. The van der Waals surface area contributed by atoms with Crippen LogP contribution in [-0.2, 0) is 16.0 Å². The minimum absolute atomic E-state index is 0.354. The first-order chi connectivity index (χ1) is 13.6. The summed E-state index contributed by atoms with van der Waals surface area (Å²) in [5.74, 6) is 0.510. The average Bonchev–Trinajstić information content (AvgIpc) is 3.02. The molecule has 0 atom stereocenters. The summed E-state index contributed by atoms with van der Waals surface area (Å²) in [7, 11) is 1.37. The standard InChI is InChI=1S/C22H26Br2O3S/c1-26-21(25)14-11-17-9-12-19(13-10-17)27-15-7-5-3-2-4-6-8-18-16-20(23)28-22(18)24/h9-14,16H,2-8,15H2,1H3/b14-11+. The summed E-state index contributed by atoms with van der Waals surface area (Å²) in [6.07, 6.45) is 11.6. The minimum atomic E-state index is -0.354. The van der Waals surface area contributed by atoms with Gasteiger partial charge in [-0.2, -0.15) is 0 Å². The zero-order valence-corrected chi connectivity index (χ0v) is 20.1. The van der Waals surface area contributed by atoms with E-state index in [4.69, 9.17) is 4.74 Å². The van der Waals surface area contributed by atoms with Gasteiger partial charge in [-0.1, -0.05) is 37.8 Å². The molecule has 0 amide bonds. The number of ether oxygens (including phenoxy) is 2. The molecule has 0 bridgehead atoms. The normalized spacial score (nSPS) is 11.1. The van der Waals surface area contributed by atoms with Crippen LogP contribution in [0.15, 0.2) is 44.0 Å². The Morgan fingerprint density at radius 3 is 2.36 bits per heavy atom. The average molecular weight is 530 g/mol. The Morgan fingerprint density at radius 1 is 1.04 bits per heavy atom. The highest BCUT2D eigenvalue weighted by Gasteiger charge is 2.04. The minimum Gasteiger partial charge on any atom is -0.494 e. The monoisotopic (exact) mass is 528 g/mol. The van der Waals surface area contributed by atoms with E-state index in [-0.39, 0.29) is 5.97 Å². The lowest BCUT2D eigenvalue weighted by Crippen LogP contribution is -1.97. The van der Waals surface area contributed by atoms with Crippen molar-refractivity contribution in [3.63, 3.8) is 0 Å². The van der Waals surface area contributed by atoms with Crippen molar-refractivity contribution in [1.29, 1.82) is 0 Å². The molecule has 1 aromatic carbocycles. The van der Waals surface area contributed by atoms with Crippen LogP contribution in [0.2, 0.25) is 0 Å². The quantitative estimate of drug-likeness (QED) is 0.163. The summed E-state index contributed by atoms with van der Waals surface area (Å²) < 4.78 is 12.8. The summed E-state index contributed by atoms with van der Waals surface area (Å²) >= 11 is 8.90. The summed E-state index contributed by atoms with van der Waals surface area (Å²) in [5.41, 5.74) is 2.36. The maximum atomic E-state index is 11.1. The maximum absolute atomic E-state index is 11.1. The van der Waals surface area contributed by atoms with E-state index < -0.39 is 0 Å². The second-order valence-corrected chi connectivity index (χ2v) is 10.2. The molecular weight excluding hydrogens is 504 g/mol. The van der Waals surface area contributed by atoms with E-state index in [9.17, 15) is 4.79 Å². The number of hydrogen-bond donors (Lipinski definition) is 0. The molecule has 1 aromatic heterocycles. The molecule has 2 rings (SSSR count). The van der Waals surface area contributed by atoms with Crippen molar-refractivity contribution < 1.29 is 14.3 Å². The van der Waals surface area contributed by atoms with E-state index in [0.29, 0.717) is 0 Å². The SMILES string of the molecule is COC(=O)/C=C/c1ccc(OCCCCCCCCc2cc(Br)sc2Br)cc1. The smallest absolute Gasteiger partial charge is 0.330 e. The van der Waals surface area contributed by atoms with Crippen LogP contribution < -0.4 is 4.74 Å². The molecule has 152 valence electrons. The molecule has 3 nitrogen and oxygen atoms in total. The molecule has 28 heavy (non-hydrogen) atoms. The summed E-state index contributed by atoms with van der Waals surface area (Å²) in [5, 5.41) is 0. The number of esters is 1. The van der Waals surface area contributed by atoms with Crippen molar-refractivity contribution in [2.45, 2.75) is 44.9 Å². The third kappa shape index (κ3) is 8.93. The Morgan fingerprint density at radius 2 is 1.71 bits per heavy atom. The molecule has 6 heteroatoms. The highest BCUT2D eigenvalue weighted by atomic mass is 79.9. The van der Waals surface area contributed by atoms with Gasteiger partial charge in [0.15, 0.2) is 0 Å². The van der Waals surface area contributed by atoms with Crippen LogP contribution in [0.3, 0.4) is 0 Å². The predicted molar refractivity (Wildman–Crippen MR) is 124 cm³/mol. The number of halogens is 2. The van der Waals surface area contributed by atoms with Crippen molar-refractivity contribution in [2.75, 3.05) is 13.7 Å². The number of aryl methyl sites for hydroxylation is 1. The Labute approximate surface area is 188 Å². The predicted octanol–water partition coefficient (Wildman–Crippen LogP) is 7.42. The zero-order chi connectivity index (χ0) is 20.2. The van der Waals surface area contributed by atoms with E-state index in [1.54, 1.807) is 17.4 Å². The van der Waals surface area contributed by atoms with E-state index in [2.05, 4.69) is 42.7 Å². The molecule has 0 spiro atoms. The molecule has 0 radical (unpaired) electrons. The van der Waals surface area contributed by atoms with E-state index >= 15 is 0 Å². The lowest BCUT2D eigenvalue weighted by atomic mass is 10.1. The molecule has 0 N–H and O–H groups in total. The van der Waals surface area contributed by atoms with Crippen LogP contribution in [0.4, 0.5) is 0 Å². The number of rotatable bonds is 12. The molecule has 0 unspecified atom stereocenters. The Hall–Kier alpha value is -1.11. The first-order valence-electron chi connectivity index (χ1n) is 9.51. The van der Waals surface area contributed by atoms with Crippen LogP contribution in [0.25, 0.3) is 6.08 Å². The van der Waals surface area contributed by atoms with Gasteiger partial charge in [-0.15, -0.1) is 11.3 Å². The first kappa shape index (κ1) is 23.2. The maximum Gasteiger partial charge on any atom is 0.330 e. The van der Waals surface area contributed by atoms with Gasteiger partial charge in [0.25, 0.3) is 0 Å². The number of methoxy groups -OCH3 is 1. The second-order valence-electron chi connectivity index (χ2n) is 6.49. The molecule has 0 aliphatic heterocycles. The second kappa shape index (κ2) is 13.2. The fourth-order valence-corrected chi connectivity index (χ4v) is 5.68. The molecule has 0 saturated heterocycles. The molecule has 0 aliphatic rings. The molecule has 0 fully saturated rings. The van der Waals surface area contributed by atoms with Crippen molar-refractivity contribution in [1.82, 2.24) is 0 Å². The zero-order valence-electron chi connectivity index (χ0n) is 16.1. The number of carbonyl (C=O) groups is 1. The van der Waals surface area contributed by atoms with Gasteiger partial charge in [-0.3, -0.25) is 0 Å². The molecule has 0 aliphatic carbocycles. The summed E-state index contributed by atoms with van der Waals surface area (Å²) in [6, 6.07) is 9.93. The Bertz CT molecular complexity index is 754. The number of thiophene rings is 1. The van der Waals surface area contributed by atoms with Crippen LogP contribution in [0.1, 0.15) is 49.7 Å². The van der Waals surface area contributed by atoms with Gasteiger partial charge in [0.05, 0.1) is 21.3 Å². The Balaban J connectivity index is 1.50. The van der Waals surface area contributed by atoms with Crippen LogP contribution >= 0.6 is 43.2 Å². The highest BCUT2D eigenvalue weighted by Crippen LogP contribution is 2.32. The van der Waals surface area contributed by atoms with Gasteiger partial charge in [-0.25, -0.2) is 4.79 Å². The highest BCUT2D eigenvalue weighted by molar-refractivity contribution is 9.12. The van der Waals surface area contributed by atoms with Gasteiger partial charge in [0.2, 0.25) is 0 Å². The van der Waals surface area contributed by atoms with Gasteiger partial charge in [-0.05, 0) is 86.5 Å².